The molecular formula is C23H39N2O5P. The Morgan fingerprint density at radius 3 is 1.84 bits per heavy atom. The van der Waals surface area contributed by atoms with E-state index in [9.17, 15) is 14.4 Å². The van der Waals surface area contributed by atoms with E-state index in [0.29, 0.717) is 13.0 Å². The maximum Gasteiger partial charge on any atom is 0.253 e. The summed E-state index contributed by atoms with van der Waals surface area (Å²) < 4.78 is 0. The summed E-state index contributed by atoms with van der Waals surface area (Å²) in [6, 6.07) is 0. The highest BCUT2D eigenvalue weighted by molar-refractivity contribution is 7.48. The van der Waals surface area contributed by atoms with E-state index in [1.54, 1.807) is 0 Å². The molecule has 3 N–H and O–H groups in total. The molecule has 0 aromatic carbocycles. The SMILES string of the molecule is O=C(CCCCCCCCCCCCCC/C=C/P(O)O)NCCN1C(=O)C=CC1=O. The average molecular weight is 455 g/mol. The monoisotopic (exact) mass is 454 g/mol. The number of nitrogens with zero attached hydrogens (tertiary/aromatic N) is 1. The zero-order valence-corrected chi connectivity index (χ0v) is 19.5. The number of hydrogen-bond acceptors (Lipinski definition) is 5. The van der Waals surface area contributed by atoms with Crippen LogP contribution in [0.25, 0.3) is 0 Å². The lowest BCUT2D eigenvalue weighted by Crippen LogP contribution is -2.38. The molecule has 1 aliphatic heterocycles. The van der Waals surface area contributed by atoms with E-state index in [0.717, 1.165) is 37.0 Å². The van der Waals surface area contributed by atoms with Gasteiger partial charge < -0.3 is 15.1 Å². The van der Waals surface area contributed by atoms with Gasteiger partial charge in [-0.05, 0) is 25.1 Å². The van der Waals surface area contributed by atoms with Gasteiger partial charge in [-0.25, -0.2) is 0 Å². The second kappa shape index (κ2) is 18.1. The average Bonchev–Trinajstić information content (AvgIpc) is 3.05. The van der Waals surface area contributed by atoms with Gasteiger partial charge in [-0.1, -0.05) is 70.3 Å². The summed E-state index contributed by atoms with van der Waals surface area (Å²) >= 11 is 0. The van der Waals surface area contributed by atoms with E-state index in [4.69, 9.17) is 9.79 Å². The van der Waals surface area contributed by atoms with Crippen molar-refractivity contribution in [3.05, 3.63) is 24.0 Å². The second-order valence-electron chi connectivity index (χ2n) is 8.00. The molecule has 0 fully saturated rings. The van der Waals surface area contributed by atoms with E-state index >= 15 is 0 Å². The molecule has 8 heteroatoms. The number of carbonyl (C=O) groups is 3. The van der Waals surface area contributed by atoms with Crippen LogP contribution in [0.1, 0.15) is 89.9 Å². The molecule has 0 aromatic heterocycles. The fourth-order valence-corrected chi connectivity index (χ4v) is 3.87. The van der Waals surface area contributed by atoms with Crippen molar-refractivity contribution in [1.82, 2.24) is 10.2 Å². The Morgan fingerprint density at radius 2 is 1.32 bits per heavy atom. The van der Waals surface area contributed by atoms with E-state index < -0.39 is 8.38 Å². The lowest BCUT2D eigenvalue weighted by atomic mass is 10.0. The lowest BCUT2D eigenvalue weighted by molar-refractivity contribution is -0.137. The first-order valence-corrected chi connectivity index (χ1v) is 13.0. The Morgan fingerprint density at radius 1 is 0.839 bits per heavy atom. The van der Waals surface area contributed by atoms with E-state index in [2.05, 4.69) is 5.32 Å². The van der Waals surface area contributed by atoms with Crippen molar-refractivity contribution in [2.45, 2.75) is 89.9 Å². The summed E-state index contributed by atoms with van der Waals surface area (Å²) in [5.41, 5.74) is 0. The van der Waals surface area contributed by atoms with Crippen molar-refractivity contribution in [2.24, 2.45) is 0 Å². The summed E-state index contributed by atoms with van der Waals surface area (Å²) in [6.07, 6.45) is 20.1. The molecule has 176 valence electrons. The Bertz CT molecular complexity index is 575. The Labute approximate surface area is 187 Å². The van der Waals surface area contributed by atoms with Gasteiger partial charge in [-0.3, -0.25) is 19.3 Å². The summed E-state index contributed by atoms with van der Waals surface area (Å²) in [6.45, 7) is 0.535. The minimum absolute atomic E-state index is 0.0186. The van der Waals surface area contributed by atoms with Gasteiger partial charge in [0.05, 0.1) is 0 Å². The maximum atomic E-state index is 11.8. The van der Waals surface area contributed by atoms with Crippen LogP contribution in [0.2, 0.25) is 0 Å². The summed E-state index contributed by atoms with van der Waals surface area (Å²) in [5.74, 6) is 0.831. The smallest absolute Gasteiger partial charge is 0.253 e. The standard InChI is InChI=1S/C23H39N2O5P/c26-21(24-18-19-25-22(27)16-17-23(25)28)15-13-11-9-7-5-3-1-2-4-6-8-10-12-14-20-31(29)30/h14,16-17,20,29-30H,1-13,15,18-19H2,(H,24,26)/b20-14+. The Kier molecular flexibility index (Phi) is 16.0. The van der Waals surface area contributed by atoms with Crippen LogP contribution in [-0.2, 0) is 14.4 Å². The minimum atomic E-state index is -1.87. The molecule has 0 saturated carbocycles. The molecule has 0 unspecified atom stereocenters. The highest BCUT2D eigenvalue weighted by Gasteiger charge is 2.22. The van der Waals surface area contributed by atoms with Gasteiger partial charge in [0.25, 0.3) is 11.8 Å². The molecule has 0 bridgehead atoms. The number of nitrogens with one attached hydrogen (secondary N) is 1. The minimum Gasteiger partial charge on any atom is -0.354 e. The maximum absolute atomic E-state index is 11.8. The van der Waals surface area contributed by atoms with Crippen LogP contribution < -0.4 is 5.32 Å². The van der Waals surface area contributed by atoms with Crippen LogP contribution in [-0.4, -0.2) is 45.5 Å². The quantitative estimate of drug-likeness (QED) is 0.153. The van der Waals surface area contributed by atoms with Crippen LogP contribution in [0.15, 0.2) is 24.0 Å². The summed E-state index contributed by atoms with van der Waals surface area (Å²) in [7, 11) is -1.87. The molecule has 0 aromatic rings. The Balaban J connectivity index is 1.79. The third kappa shape index (κ3) is 15.0. The first kappa shape index (κ1) is 27.5. The number of carbonyl (C=O) groups excluding carboxylic acids is 3. The van der Waals surface area contributed by atoms with Crippen molar-refractivity contribution in [3.8, 4) is 0 Å². The van der Waals surface area contributed by atoms with Crippen molar-refractivity contribution < 1.29 is 24.2 Å². The van der Waals surface area contributed by atoms with Crippen LogP contribution in [0.4, 0.5) is 0 Å². The van der Waals surface area contributed by atoms with Crippen LogP contribution in [0.3, 0.4) is 0 Å². The fraction of sp³-hybridized carbons (Fsp3) is 0.696. The zero-order chi connectivity index (χ0) is 22.7. The molecule has 3 amide bonds. The van der Waals surface area contributed by atoms with Crippen molar-refractivity contribution in [2.75, 3.05) is 13.1 Å². The van der Waals surface area contributed by atoms with Crippen LogP contribution in [0.5, 0.6) is 0 Å². The van der Waals surface area contributed by atoms with Gasteiger partial charge in [-0.2, -0.15) is 0 Å². The molecular weight excluding hydrogens is 415 g/mol. The first-order chi connectivity index (χ1) is 15.0. The van der Waals surface area contributed by atoms with Crippen molar-refractivity contribution in [3.63, 3.8) is 0 Å². The van der Waals surface area contributed by atoms with Gasteiger partial charge >= 0.3 is 0 Å². The molecule has 0 spiro atoms. The fourth-order valence-electron chi connectivity index (χ4n) is 3.53. The van der Waals surface area contributed by atoms with Gasteiger partial charge in [0.15, 0.2) is 8.38 Å². The van der Waals surface area contributed by atoms with E-state index in [-0.39, 0.29) is 24.3 Å². The first-order valence-electron chi connectivity index (χ1n) is 11.6. The third-order valence-corrected chi connectivity index (χ3v) is 5.80. The highest BCUT2D eigenvalue weighted by Crippen LogP contribution is 2.24. The third-order valence-electron chi connectivity index (χ3n) is 5.32. The van der Waals surface area contributed by atoms with Gasteiger partial charge in [0.1, 0.15) is 0 Å². The Hall–Kier alpha value is -1.56. The topological polar surface area (TPSA) is 107 Å². The number of rotatable bonds is 19. The molecule has 0 saturated heterocycles. The number of amides is 3. The number of hydrogen-bond donors (Lipinski definition) is 3. The predicted octanol–water partition coefficient (Wildman–Crippen LogP) is 4.30. The lowest BCUT2D eigenvalue weighted by Gasteiger charge is -2.13. The second-order valence-corrected chi connectivity index (χ2v) is 8.94. The van der Waals surface area contributed by atoms with Gasteiger partial charge in [-0.15, -0.1) is 0 Å². The van der Waals surface area contributed by atoms with E-state index in [1.165, 1.54) is 69.3 Å². The molecule has 1 rings (SSSR count). The summed E-state index contributed by atoms with van der Waals surface area (Å²) in [4.78, 5) is 53.2. The van der Waals surface area contributed by atoms with Gasteiger partial charge in [0, 0.05) is 31.7 Å². The molecule has 0 aliphatic carbocycles. The van der Waals surface area contributed by atoms with Crippen molar-refractivity contribution in [1.29, 1.82) is 0 Å². The largest absolute Gasteiger partial charge is 0.354 e. The highest BCUT2D eigenvalue weighted by atomic mass is 31.2. The van der Waals surface area contributed by atoms with Crippen LogP contribution in [0, 0.1) is 0 Å². The zero-order valence-electron chi connectivity index (χ0n) is 18.6. The summed E-state index contributed by atoms with van der Waals surface area (Å²) in [5, 5.41) is 2.77. The molecule has 0 radical (unpaired) electrons. The van der Waals surface area contributed by atoms with E-state index in [1.807, 2.05) is 6.08 Å². The number of unbranched alkanes of at least 4 members (excludes halogenated alkanes) is 12. The normalized spacial score (nSPS) is 13.8. The molecule has 1 aliphatic rings. The van der Waals surface area contributed by atoms with Crippen LogP contribution >= 0.6 is 8.38 Å². The molecule has 0 atom stereocenters. The van der Waals surface area contributed by atoms with Gasteiger partial charge in [0.2, 0.25) is 5.91 Å². The number of imide groups is 1. The molecule has 7 nitrogen and oxygen atoms in total. The number of allylic oxidation sites excluding steroid dienone is 1. The van der Waals surface area contributed by atoms with Crippen molar-refractivity contribution >= 4 is 26.1 Å². The predicted molar refractivity (Wildman–Crippen MR) is 124 cm³/mol. The molecule has 31 heavy (non-hydrogen) atoms. The molecule has 1 heterocycles.